The summed E-state index contributed by atoms with van der Waals surface area (Å²) < 4.78 is 1.47. The lowest BCUT2D eigenvalue weighted by atomic mass is 10.2. The minimum Gasteiger partial charge on any atom is -0.335 e. The highest BCUT2D eigenvalue weighted by molar-refractivity contribution is 7.98. The molecule has 0 aliphatic carbocycles. The number of hydrogen-bond acceptors (Lipinski definition) is 9. The number of fused-ring (bicyclic) bond motifs is 1. The number of rotatable bonds is 5. The van der Waals surface area contributed by atoms with Crippen molar-refractivity contribution in [3.63, 3.8) is 0 Å². The van der Waals surface area contributed by atoms with Gasteiger partial charge in [0.25, 0.3) is 5.56 Å². The van der Waals surface area contributed by atoms with Gasteiger partial charge in [-0.3, -0.25) is 4.79 Å². The molecule has 0 unspecified atom stereocenters. The van der Waals surface area contributed by atoms with Crippen LogP contribution < -0.4 is 11.4 Å². The van der Waals surface area contributed by atoms with Crippen LogP contribution in [-0.4, -0.2) is 24.8 Å². The number of hydrogen-bond donors (Lipinski definition) is 2. The Morgan fingerprint density at radius 3 is 2.86 bits per heavy atom. The molecule has 0 radical (unpaired) electrons. The van der Waals surface area contributed by atoms with E-state index in [4.69, 9.17) is 5.84 Å². The molecule has 146 valence electrons. The molecule has 11 heteroatoms. The van der Waals surface area contributed by atoms with Gasteiger partial charge < -0.3 is 10.8 Å². The van der Waals surface area contributed by atoms with Gasteiger partial charge in [-0.25, -0.2) is 9.66 Å². The molecule has 7 nitrogen and oxygen atoms in total. The molecule has 5 rings (SSSR count). The number of thiophene rings is 3. The third-order valence-corrected chi connectivity index (χ3v) is 7.97. The number of nitrogen functional groups attached to an aromatic ring is 1. The molecule has 0 aliphatic rings. The number of aryl methyl sites for hydroxylation is 1. The van der Waals surface area contributed by atoms with Crippen LogP contribution in [0.4, 0.5) is 0 Å². The van der Waals surface area contributed by atoms with E-state index in [0.717, 1.165) is 20.1 Å². The average Bonchev–Trinajstić information content (AvgIpc) is 3.46. The third kappa shape index (κ3) is 3.39. The maximum Gasteiger partial charge on any atom is 0.260 e. The van der Waals surface area contributed by atoms with Gasteiger partial charge in [-0.2, -0.15) is 0 Å². The molecule has 0 bridgehead atoms. The second-order valence-corrected chi connectivity index (χ2v) is 10.2. The van der Waals surface area contributed by atoms with Crippen LogP contribution >= 0.6 is 45.8 Å². The lowest BCUT2D eigenvalue weighted by molar-refractivity contribution is 0.848. The van der Waals surface area contributed by atoms with Crippen LogP contribution in [0.5, 0.6) is 0 Å². The molecule has 5 heterocycles. The predicted octanol–water partition coefficient (Wildman–Crippen LogP) is 4.35. The minimum atomic E-state index is -0.124. The summed E-state index contributed by atoms with van der Waals surface area (Å²) in [5.41, 5.74) is 0.819. The number of aromatic amines is 1. The normalized spacial score (nSPS) is 11.5. The molecule has 0 saturated carbocycles. The van der Waals surface area contributed by atoms with Gasteiger partial charge in [-0.1, -0.05) is 17.8 Å². The van der Waals surface area contributed by atoms with Crippen molar-refractivity contribution in [3.05, 3.63) is 56.1 Å². The van der Waals surface area contributed by atoms with Crippen LogP contribution in [0.15, 0.2) is 45.0 Å². The first-order valence-corrected chi connectivity index (χ1v) is 12.1. The van der Waals surface area contributed by atoms with Crippen molar-refractivity contribution in [2.75, 3.05) is 5.84 Å². The highest BCUT2D eigenvalue weighted by Crippen LogP contribution is 2.35. The molecule has 0 aliphatic heterocycles. The van der Waals surface area contributed by atoms with Gasteiger partial charge in [0, 0.05) is 20.7 Å². The number of nitrogens with zero attached hydrogens (tertiary/aromatic N) is 4. The quantitative estimate of drug-likeness (QED) is 0.300. The number of thioether (sulfide) groups is 1. The molecule has 29 heavy (non-hydrogen) atoms. The summed E-state index contributed by atoms with van der Waals surface area (Å²) in [5, 5.41) is 13.5. The fourth-order valence-corrected chi connectivity index (χ4v) is 6.26. The van der Waals surface area contributed by atoms with Crippen molar-refractivity contribution in [1.82, 2.24) is 24.8 Å². The van der Waals surface area contributed by atoms with Crippen molar-refractivity contribution < 1.29 is 0 Å². The molecule has 3 N–H and O–H groups in total. The van der Waals surface area contributed by atoms with Gasteiger partial charge >= 0.3 is 0 Å². The Kier molecular flexibility index (Phi) is 4.74. The highest BCUT2D eigenvalue weighted by atomic mass is 32.2. The van der Waals surface area contributed by atoms with E-state index in [9.17, 15) is 4.79 Å². The SMILES string of the molecule is Cc1ccc(-c2csc3nc(CSc4nnc(-c5cccs5)n4N)[nH]c(=O)c23)s1. The highest BCUT2D eigenvalue weighted by Gasteiger charge is 2.16. The van der Waals surface area contributed by atoms with Crippen LogP contribution in [0, 0.1) is 6.92 Å². The van der Waals surface area contributed by atoms with Crippen molar-refractivity contribution in [2.45, 2.75) is 17.8 Å². The monoisotopic (exact) mass is 458 g/mol. The van der Waals surface area contributed by atoms with Crippen LogP contribution in [0.3, 0.4) is 0 Å². The fourth-order valence-electron chi connectivity index (χ4n) is 2.90. The Labute approximate surface area is 181 Å². The second-order valence-electron chi connectivity index (χ2n) is 6.19. The Morgan fingerprint density at radius 1 is 1.21 bits per heavy atom. The van der Waals surface area contributed by atoms with Gasteiger partial charge in [-0.15, -0.1) is 44.2 Å². The maximum absolute atomic E-state index is 12.7. The topological polar surface area (TPSA) is 102 Å². The first-order valence-electron chi connectivity index (χ1n) is 8.54. The Bertz CT molecular complexity index is 1360. The van der Waals surface area contributed by atoms with Gasteiger partial charge in [0.15, 0.2) is 5.82 Å². The lowest BCUT2D eigenvalue weighted by Crippen LogP contribution is -2.12. The van der Waals surface area contributed by atoms with Gasteiger partial charge in [0.2, 0.25) is 5.16 Å². The summed E-state index contributed by atoms with van der Waals surface area (Å²) in [7, 11) is 0. The number of nitrogens with two attached hydrogens (primary N) is 1. The summed E-state index contributed by atoms with van der Waals surface area (Å²) in [6, 6.07) is 7.99. The van der Waals surface area contributed by atoms with E-state index in [0.29, 0.717) is 27.9 Å². The Morgan fingerprint density at radius 2 is 2.10 bits per heavy atom. The van der Waals surface area contributed by atoms with Crippen LogP contribution in [0.25, 0.3) is 31.4 Å². The lowest BCUT2D eigenvalue weighted by Gasteiger charge is -2.03. The van der Waals surface area contributed by atoms with Crippen LogP contribution in [0.2, 0.25) is 0 Å². The van der Waals surface area contributed by atoms with E-state index in [2.05, 4.69) is 33.2 Å². The van der Waals surface area contributed by atoms with E-state index >= 15 is 0 Å². The fraction of sp³-hybridized carbons (Fsp3) is 0.111. The molecule has 5 aromatic heterocycles. The zero-order chi connectivity index (χ0) is 20.0. The molecule has 0 spiro atoms. The summed E-state index contributed by atoms with van der Waals surface area (Å²) in [6.45, 7) is 2.06. The van der Waals surface area contributed by atoms with Crippen molar-refractivity contribution >= 4 is 56.0 Å². The van der Waals surface area contributed by atoms with E-state index < -0.39 is 0 Å². The Hall–Kier alpha value is -2.47. The zero-order valence-electron chi connectivity index (χ0n) is 15.1. The van der Waals surface area contributed by atoms with Crippen LogP contribution in [-0.2, 0) is 5.75 Å². The largest absolute Gasteiger partial charge is 0.335 e. The third-order valence-electron chi connectivity index (χ3n) is 4.24. The average molecular weight is 459 g/mol. The molecular formula is C18H14N6OS4. The first kappa shape index (κ1) is 18.6. The summed E-state index contributed by atoms with van der Waals surface area (Å²) in [5.74, 6) is 7.78. The van der Waals surface area contributed by atoms with Crippen molar-refractivity contribution in [2.24, 2.45) is 0 Å². The van der Waals surface area contributed by atoms with Crippen molar-refractivity contribution in [3.8, 4) is 21.1 Å². The van der Waals surface area contributed by atoms with Gasteiger partial charge in [-0.05, 0) is 30.5 Å². The summed E-state index contributed by atoms with van der Waals surface area (Å²) in [6.07, 6.45) is 0. The molecule has 0 aromatic carbocycles. The molecule has 5 aromatic rings. The van der Waals surface area contributed by atoms with E-state index in [-0.39, 0.29) is 5.56 Å². The smallest absolute Gasteiger partial charge is 0.260 e. The minimum absolute atomic E-state index is 0.124. The first-order chi connectivity index (χ1) is 14.1. The number of nitrogens with one attached hydrogen (secondary N) is 1. The number of aromatic nitrogens is 5. The predicted molar refractivity (Wildman–Crippen MR) is 121 cm³/mol. The molecule has 0 amide bonds. The number of H-pyrrole nitrogens is 1. The zero-order valence-corrected chi connectivity index (χ0v) is 18.3. The van der Waals surface area contributed by atoms with Gasteiger partial charge in [0.1, 0.15) is 10.7 Å². The standard InChI is InChI=1S/C18H14N6OS4/c1-9-4-5-11(29-9)10-7-27-17-14(10)16(25)20-13(21-17)8-28-18-23-22-15(24(18)19)12-3-2-6-26-12/h2-7H,8,19H2,1H3,(H,20,21,25). The molecular weight excluding hydrogens is 445 g/mol. The van der Waals surface area contributed by atoms with E-state index in [1.54, 1.807) is 22.7 Å². The Balaban J connectivity index is 1.42. The van der Waals surface area contributed by atoms with Crippen LogP contribution in [0.1, 0.15) is 10.7 Å². The second kappa shape index (κ2) is 7.41. The van der Waals surface area contributed by atoms with E-state index in [1.807, 2.05) is 29.0 Å². The molecule has 0 saturated heterocycles. The molecule has 0 fully saturated rings. The maximum atomic E-state index is 12.7. The molecule has 0 atom stereocenters. The van der Waals surface area contributed by atoms with Gasteiger partial charge in [0.05, 0.1) is 16.0 Å². The van der Waals surface area contributed by atoms with E-state index in [1.165, 1.54) is 32.7 Å². The van der Waals surface area contributed by atoms with Crippen molar-refractivity contribution in [1.29, 1.82) is 0 Å². The summed E-state index contributed by atoms with van der Waals surface area (Å²) >= 11 is 6.10. The summed E-state index contributed by atoms with van der Waals surface area (Å²) in [4.78, 5) is 24.3.